The van der Waals surface area contributed by atoms with Crippen molar-refractivity contribution in [1.29, 1.82) is 0 Å². The van der Waals surface area contributed by atoms with Gasteiger partial charge in [0.05, 0.1) is 12.3 Å². The second-order valence-corrected chi connectivity index (χ2v) is 9.57. The molecule has 30 heavy (non-hydrogen) atoms. The number of carbonyl (C=O) groups excluding carboxylic acids is 1. The number of hydrogen-bond donors (Lipinski definition) is 0. The van der Waals surface area contributed by atoms with Crippen LogP contribution in [0.3, 0.4) is 0 Å². The van der Waals surface area contributed by atoms with E-state index in [1.165, 1.54) is 10.6 Å². The van der Waals surface area contributed by atoms with Crippen molar-refractivity contribution in [3.63, 3.8) is 0 Å². The van der Waals surface area contributed by atoms with Crippen LogP contribution in [0.5, 0.6) is 0 Å². The zero-order chi connectivity index (χ0) is 21.1. The molecule has 1 unspecified atom stereocenters. The van der Waals surface area contributed by atoms with Crippen LogP contribution in [0.1, 0.15) is 37.0 Å². The number of amides is 1. The van der Waals surface area contributed by atoms with E-state index < -0.39 is 10.0 Å². The van der Waals surface area contributed by atoms with E-state index in [1.54, 1.807) is 6.20 Å². The van der Waals surface area contributed by atoms with Crippen molar-refractivity contribution in [3.8, 4) is 0 Å². The number of rotatable bonds is 6. The van der Waals surface area contributed by atoms with Gasteiger partial charge < -0.3 is 14.3 Å². The van der Waals surface area contributed by atoms with E-state index in [-0.39, 0.29) is 18.4 Å². The summed E-state index contributed by atoms with van der Waals surface area (Å²) in [7, 11) is -3.31. The molecule has 4 heterocycles. The quantitative estimate of drug-likeness (QED) is 0.657. The highest BCUT2D eigenvalue weighted by molar-refractivity contribution is 7.88. The van der Waals surface area contributed by atoms with Crippen molar-refractivity contribution >= 4 is 21.7 Å². The molecular weight excluding hydrogens is 408 g/mol. The highest BCUT2D eigenvalue weighted by atomic mass is 32.2. The molecule has 162 valence electrons. The predicted octanol–water partition coefficient (Wildman–Crippen LogP) is 0.842. The van der Waals surface area contributed by atoms with Gasteiger partial charge in [0, 0.05) is 51.8 Å². The lowest BCUT2D eigenvalue weighted by Crippen LogP contribution is -2.49. The van der Waals surface area contributed by atoms with E-state index in [4.69, 9.17) is 4.52 Å². The second-order valence-electron chi connectivity index (χ2n) is 7.63. The Kier molecular flexibility index (Phi) is 6.00. The van der Waals surface area contributed by atoms with E-state index in [1.807, 2.05) is 23.1 Å². The molecule has 2 aliphatic rings. The number of aryl methyl sites for hydroxylation is 1. The summed E-state index contributed by atoms with van der Waals surface area (Å²) in [5.41, 5.74) is 0. The number of carbonyl (C=O) groups is 1. The molecule has 2 aromatic rings. The van der Waals surface area contributed by atoms with E-state index >= 15 is 0 Å². The number of hydrogen-bond acceptors (Lipinski definition) is 8. The molecule has 0 saturated carbocycles. The third-order valence-corrected chi connectivity index (χ3v) is 6.86. The van der Waals surface area contributed by atoms with E-state index in [9.17, 15) is 13.2 Å². The van der Waals surface area contributed by atoms with Gasteiger partial charge in [0.2, 0.25) is 21.8 Å². The summed E-state index contributed by atoms with van der Waals surface area (Å²) in [4.78, 5) is 25.3. The van der Waals surface area contributed by atoms with Crippen molar-refractivity contribution in [3.05, 3.63) is 36.1 Å². The first-order chi connectivity index (χ1) is 14.4. The summed E-state index contributed by atoms with van der Waals surface area (Å²) in [6.45, 7) is 3.26. The van der Waals surface area contributed by atoms with Gasteiger partial charge in [0.1, 0.15) is 5.82 Å². The van der Waals surface area contributed by atoms with Crippen LogP contribution < -0.4 is 4.90 Å². The maximum atomic E-state index is 12.6. The molecule has 2 saturated heterocycles. The van der Waals surface area contributed by atoms with Gasteiger partial charge in [-0.15, -0.1) is 0 Å². The Bertz CT molecular complexity index is 972. The average molecular weight is 435 g/mol. The first-order valence-corrected chi connectivity index (χ1v) is 12.0. The number of pyridine rings is 1. The topological polar surface area (TPSA) is 113 Å². The van der Waals surface area contributed by atoms with Crippen LogP contribution in [0.25, 0.3) is 0 Å². The Balaban J connectivity index is 1.28. The third kappa shape index (κ3) is 4.62. The number of piperazine rings is 1. The minimum atomic E-state index is -3.31. The molecule has 2 aromatic heterocycles. The van der Waals surface area contributed by atoms with Crippen LogP contribution in [-0.4, -0.2) is 77.6 Å². The third-order valence-electron chi connectivity index (χ3n) is 5.57. The number of aromatic nitrogens is 3. The molecular formula is C19H26N6O4S. The lowest BCUT2D eigenvalue weighted by Gasteiger charge is -2.35. The fourth-order valence-corrected chi connectivity index (χ4v) is 5.12. The van der Waals surface area contributed by atoms with Gasteiger partial charge in [-0.2, -0.15) is 9.29 Å². The molecule has 0 aromatic carbocycles. The van der Waals surface area contributed by atoms with Gasteiger partial charge in [-0.1, -0.05) is 11.2 Å². The van der Waals surface area contributed by atoms with E-state index in [0.29, 0.717) is 44.2 Å². The van der Waals surface area contributed by atoms with Crippen molar-refractivity contribution in [2.24, 2.45) is 0 Å². The van der Waals surface area contributed by atoms with Crippen molar-refractivity contribution in [2.75, 3.05) is 43.9 Å². The molecule has 2 fully saturated rings. The highest BCUT2D eigenvalue weighted by Crippen LogP contribution is 2.32. The van der Waals surface area contributed by atoms with Gasteiger partial charge in [-0.3, -0.25) is 4.79 Å². The first kappa shape index (κ1) is 20.7. The van der Waals surface area contributed by atoms with Gasteiger partial charge in [0.25, 0.3) is 0 Å². The minimum absolute atomic E-state index is 0.0500. The summed E-state index contributed by atoms with van der Waals surface area (Å²) in [5, 5.41) is 3.97. The van der Waals surface area contributed by atoms with Crippen molar-refractivity contribution < 1.29 is 17.7 Å². The Morgan fingerprint density at radius 2 is 2.00 bits per heavy atom. The predicted molar refractivity (Wildman–Crippen MR) is 109 cm³/mol. The maximum Gasteiger partial charge on any atom is 0.227 e. The second kappa shape index (κ2) is 8.68. The van der Waals surface area contributed by atoms with Gasteiger partial charge in [-0.25, -0.2) is 13.4 Å². The lowest BCUT2D eigenvalue weighted by molar-refractivity contribution is -0.131. The lowest BCUT2D eigenvalue weighted by atomic mass is 10.2. The molecule has 0 aliphatic carbocycles. The molecule has 11 heteroatoms. The Labute approximate surface area is 175 Å². The standard InChI is InChI=1S/C19H26N6O4S/c1-30(27,28)25-10-4-5-15(25)19-21-17(29-22-19)7-8-18(26)24-13-11-23(12-14-24)16-6-2-3-9-20-16/h2-3,6,9,15H,4-5,7-8,10-14H2,1H3. The molecule has 0 radical (unpaired) electrons. The molecule has 0 N–H and O–H groups in total. The highest BCUT2D eigenvalue weighted by Gasteiger charge is 2.35. The van der Waals surface area contributed by atoms with Crippen LogP contribution in [0, 0.1) is 0 Å². The first-order valence-electron chi connectivity index (χ1n) is 10.1. The minimum Gasteiger partial charge on any atom is -0.353 e. The Morgan fingerprint density at radius 3 is 2.70 bits per heavy atom. The average Bonchev–Trinajstić information content (AvgIpc) is 3.42. The zero-order valence-electron chi connectivity index (χ0n) is 17.0. The summed E-state index contributed by atoms with van der Waals surface area (Å²) >= 11 is 0. The summed E-state index contributed by atoms with van der Waals surface area (Å²) in [6, 6.07) is 5.43. The van der Waals surface area contributed by atoms with E-state index in [0.717, 1.165) is 25.3 Å². The van der Waals surface area contributed by atoms with Gasteiger partial charge in [0.15, 0.2) is 5.82 Å². The summed E-state index contributed by atoms with van der Waals surface area (Å²) in [5.74, 6) is 1.72. The fourth-order valence-electron chi connectivity index (χ4n) is 4.00. The van der Waals surface area contributed by atoms with Crippen molar-refractivity contribution in [2.45, 2.75) is 31.7 Å². The molecule has 0 spiro atoms. The normalized spacial score (nSPS) is 20.6. The van der Waals surface area contributed by atoms with Gasteiger partial charge >= 0.3 is 0 Å². The van der Waals surface area contributed by atoms with E-state index in [2.05, 4.69) is 20.0 Å². The molecule has 4 rings (SSSR count). The van der Waals surface area contributed by atoms with Crippen LogP contribution in [0.15, 0.2) is 28.9 Å². The SMILES string of the molecule is CS(=O)(=O)N1CCCC1c1noc(CCC(=O)N2CCN(c3ccccn3)CC2)n1. The monoisotopic (exact) mass is 434 g/mol. The van der Waals surface area contributed by atoms with Crippen LogP contribution >= 0.6 is 0 Å². The van der Waals surface area contributed by atoms with Crippen LogP contribution in [0.4, 0.5) is 5.82 Å². The smallest absolute Gasteiger partial charge is 0.227 e. The molecule has 0 bridgehead atoms. The number of sulfonamides is 1. The van der Waals surface area contributed by atoms with Crippen LogP contribution in [0.2, 0.25) is 0 Å². The zero-order valence-corrected chi connectivity index (χ0v) is 17.8. The fraction of sp³-hybridized carbons (Fsp3) is 0.579. The Hall–Kier alpha value is -2.53. The van der Waals surface area contributed by atoms with Crippen LogP contribution in [-0.2, 0) is 21.2 Å². The molecule has 1 amide bonds. The summed E-state index contributed by atoms with van der Waals surface area (Å²) in [6.07, 6.45) is 5.03. The number of nitrogens with zero attached hydrogens (tertiary/aromatic N) is 6. The maximum absolute atomic E-state index is 12.6. The molecule has 1 atom stereocenters. The summed E-state index contributed by atoms with van der Waals surface area (Å²) < 4.78 is 30.5. The Morgan fingerprint density at radius 1 is 1.20 bits per heavy atom. The van der Waals surface area contributed by atoms with Crippen molar-refractivity contribution in [1.82, 2.24) is 24.3 Å². The van der Waals surface area contributed by atoms with Gasteiger partial charge in [-0.05, 0) is 25.0 Å². The molecule has 2 aliphatic heterocycles. The largest absolute Gasteiger partial charge is 0.353 e. The molecule has 10 nitrogen and oxygen atoms in total. The number of anilines is 1.